The van der Waals surface area contributed by atoms with E-state index in [-0.39, 0.29) is 23.2 Å². The zero-order valence-electron chi connectivity index (χ0n) is 18.1. The summed E-state index contributed by atoms with van der Waals surface area (Å²) in [6.45, 7) is 4.96. The summed E-state index contributed by atoms with van der Waals surface area (Å²) in [4.78, 5) is 26.9. The molecule has 1 N–H and O–H groups in total. The molecule has 4 rings (SSSR count). The monoisotopic (exact) mass is 450 g/mol. The summed E-state index contributed by atoms with van der Waals surface area (Å²) < 4.78 is 10.9. The standard InChI is InChI=1S/C25H26N2O4S/c1-3-30-21-12-10-18(11-13-21)17(2)26-24(29)19-6-8-20(9-7-19)25-27(23(28)16-32-25)15-22-5-4-14-31-22/h4-14,17,25H,3,15-16H2,1-2H3,(H,26,29). The van der Waals surface area contributed by atoms with Crippen molar-refractivity contribution >= 4 is 23.6 Å². The number of benzene rings is 2. The van der Waals surface area contributed by atoms with Gasteiger partial charge in [-0.25, -0.2) is 0 Å². The van der Waals surface area contributed by atoms with Gasteiger partial charge in [0.1, 0.15) is 16.9 Å². The highest BCUT2D eigenvalue weighted by Crippen LogP contribution is 2.39. The second-order valence-corrected chi connectivity index (χ2v) is 8.65. The maximum absolute atomic E-state index is 12.7. The van der Waals surface area contributed by atoms with E-state index in [2.05, 4.69) is 5.32 Å². The Kier molecular flexibility index (Phi) is 6.85. The Hall–Kier alpha value is -3.19. The number of hydrogen-bond donors (Lipinski definition) is 1. The highest BCUT2D eigenvalue weighted by atomic mass is 32.2. The van der Waals surface area contributed by atoms with Crippen molar-refractivity contribution in [3.05, 3.63) is 89.4 Å². The van der Waals surface area contributed by atoms with Gasteiger partial charge in [0.25, 0.3) is 5.91 Å². The van der Waals surface area contributed by atoms with Gasteiger partial charge in [-0.3, -0.25) is 9.59 Å². The number of hydrogen-bond acceptors (Lipinski definition) is 5. The number of furan rings is 1. The third-order valence-corrected chi connectivity index (χ3v) is 6.63. The van der Waals surface area contributed by atoms with Crippen LogP contribution in [0.25, 0.3) is 0 Å². The van der Waals surface area contributed by atoms with E-state index < -0.39 is 0 Å². The normalized spacial score (nSPS) is 16.8. The van der Waals surface area contributed by atoms with Crippen molar-refractivity contribution in [1.29, 1.82) is 0 Å². The topological polar surface area (TPSA) is 71.8 Å². The van der Waals surface area contributed by atoms with Crippen LogP contribution in [-0.2, 0) is 11.3 Å². The second-order valence-electron chi connectivity index (χ2n) is 7.58. The van der Waals surface area contributed by atoms with Gasteiger partial charge in [0.05, 0.1) is 31.2 Å². The molecule has 7 heteroatoms. The Morgan fingerprint density at radius 3 is 2.59 bits per heavy atom. The van der Waals surface area contributed by atoms with Crippen LogP contribution in [0.3, 0.4) is 0 Å². The van der Waals surface area contributed by atoms with E-state index in [1.807, 2.05) is 79.4 Å². The minimum Gasteiger partial charge on any atom is -0.494 e. The molecular weight excluding hydrogens is 424 g/mol. The smallest absolute Gasteiger partial charge is 0.251 e. The highest BCUT2D eigenvalue weighted by molar-refractivity contribution is 8.00. The second kappa shape index (κ2) is 9.96. The Morgan fingerprint density at radius 1 is 1.19 bits per heavy atom. The van der Waals surface area contributed by atoms with Gasteiger partial charge in [0.15, 0.2) is 0 Å². The fraction of sp³-hybridized carbons (Fsp3) is 0.280. The molecule has 2 aromatic carbocycles. The molecule has 1 fully saturated rings. The molecule has 0 spiro atoms. The zero-order chi connectivity index (χ0) is 22.5. The average Bonchev–Trinajstić information content (AvgIpc) is 3.45. The van der Waals surface area contributed by atoms with Gasteiger partial charge in [0, 0.05) is 5.56 Å². The van der Waals surface area contributed by atoms with Crippen molar-refractivity contribution in [2.45, 2.75) is 31.8 Å². The van der Waals surface area contributed by atoms with Crippen molar-refractivity contribution < 1.29 is 18.7 Å². The average molecular weight is 451 g/mol. The van der Waals surface area contributed by atoms with Crippen molar-refractivity contribution in [3.63, 3.8) is 0 Å². The van der Waals surface area contributed by atoms with Gasteiger partial charge in [0.2, 0.25) is 5.91 Å². The molecule has 0 radical (unpaired) electrons. The van der Waals surface area contributed by atoms with E-state index in [9.17, 15) is 9.59 Å². The van der Waals surface area contributed by atoms with Crippen molar-refractivity contribution in [2.75, 3.05) is 12.4 Å². The number of carbonyl (C=O) groups excluding carboxylic acids is 2. The van der Waals surface area contributed by atoms with Gasteiger partial charge in [-0.15, -0.1) is 11.8 Å². The predicted molar refractivity (Wildman–Crippen MR) is 124 cm³/mol. The SMILES string of the molecule is CCOc1ccc(C(C)NC(=O)c2ccc(C3SCC(=O)N3Cc3ccco3)cc2)cc1. The van der Waals surface area contributed by atoms with Crippen molar-refractivity contribution in [3.8, 4) is 5.75 Å². The third kappa shape index (κ3) is 4.99. The molecule has 0 bridgehead atoms. The minimum atomic E-state index is -0.138. The van der Waals surface area contributed by atoms with E-state index in [1.54, 1.807) is 18.0 Å². The first-order chi connectivity index (χ1) is 15.5. The Morgan fingerprint density at radius 2 is 1.94 bits per heavy atom. The lowest BCUT2D eigenvalue weighted by molar-refractivity contribution is -0.128. The molecule has 2 atom stereocenters. The molecule has 1 saturated heterocycles. The van der Waals surface area contributed by atoms with Crippen LogP contribution in [0.15, 0.2) is 71.3 Å². The minimum absolute atomic E-state index is 0.0856. The van der Waals surface area contributed by atoms with Crippen LogP contribution in [0, 0.1) is 0 Å². The van der Waals surface area contributed by atoms with Gasteiger partial charge in [-0.05, 0) is 61.4 Å². The zero-order valence-corrected chi connectivity index (χ0v) is 18.9. The number of rotatable bonds is 8. The van der Waals surface area contributed by atoms with Gasteiger partial charge in [-0.2, -0.15) is 0 Å². The lowest BCUT2D eigenvalue weighted by atomic mass is 10.1. The summed E-state index contributed by atoms with van der Waals surface area (Å²) >= 11 is 1.58. The largest absolute Gasteiger partial charge is 0.494 e. The molecule has 166 valence electrons. The summed E-state index contributed by atoms with van der Waals surface area (Å²) in [5.41, 5.74) is 2.58. The van der Waals surface area contributed by atoms with Gasteiger partial charge >= 0.3 is 0 Å². The van der Waals surface area contributed by atoms with Crippen LogP contribution in [-0.4, -0.2) is 29.1 Å². The van der Waals surface area contributed by atoms with Crippen molar-refractivity contribution in [2.24, 2.45) is 0 Å². The van der Waals surface area contributed by atoms with E-state index in [0.29, 0.717) is 24.5 Å². The molecule has 1 aromatic heterocycles. The lowest BCUT2D eigenvalue weighted by Crippen LogP contribution is -2.28. The number of nitrogens with zero attached hydrogens (tertiary/aromatic N) is 1. The third-order valence-electron chi connectivity index (χ3n) is 5.37. The molecular formula is C25H26N2O4S. The molecule has 6 nitrogen and oxygen atoms in total. The fourth-order valence-electron chi connectivity index (χ4n) is 3.65. The van der Waals surface area contributed by atoms with E-state index in [4.69, 9.17) is 9.15 Å². The number of carbonyl (C=O) groups is 2. The van der Waals surface area contributed by atoms with Crippen LogP contribution in [0.5, 0.6) is 5.75 Å². The predicted octanol–water partition coefficient (Wildman–Crippen LogP) is 4.94. The van der Waals surface area contributed by atoms with Crippen LogP contribution < -0.4 is 10.1 Å². The number of amides is 2. The molecule has 2 amide bonds. The summed E-state index contributed by atoms with van der Waals surface area (Å²) in [6.07, 6.45) is 1.61. The Balaban J connectivity index is 1.40. The molecule has 3 aromatic rings. The quantitative estimate of drug-likeness (QED) is 0.526. The first kappa shape index (κ1) is 22.0. The first-order valence-corrected chi connectivity index (χ1v) is 11.7. The number of thioether (sulfide) groups is 1. The lowest BCUT2D eigenvalue weighted by Gasteiger charge is -2.23. The summed E-state index contributed by atoms with van der Waals surface area (Å²) in [5, 5.41) is 2.95. The number of nitrogens with one attached hydrogen (secondary N) is 1. The number of ether oxygens (including phenoxy) is 1. The molecule has 2 heterocycles. The van der Waals surface area contributed by atoms with E-state index in [1.165, 1.54) is 0 Å². The van der Waals surface area contributed by atoms with Crippen molar-refractivity contribution in [1.82, 2.24) is 10.2 Å². The summed E-state index contributed by atoms with van der Waals surface area (Å²) in [5.74, 6) is 1.95. The highest BCUT2D eigenvalue weighted by Gasteiger charge is 2.33. The molecule has 32 heavy (non-hydrogen) atoms. The summed E-state index contributed by atoms with van der Waals surface area (Å²) in [7, 11) is 0. The van der Waals surface area contributed by atoms with Gasteiger partial charge < -0.3 is 19.4 Å². The summed E-state index contributed by atoms with van der Waals surface area (Å²) in [6, 6.07) is 18.7. The van der Waals surface area contributed by atoms with Crippen LogP contribution in [0.1, 0.15) is 52.5 Å². The fourth-order valence-corrected chi connectivity index (χ4v) is 4.84. The molecule has 1 aliphatic heterocycles. The van der Waals surface area contributed by atoms with E-state index >= 15 is 0 Å². The Bertz CT molecular complexity index is 1050. The van der Waals surface area contributed by atoms with Gasteiger partial charge in [-0.1, -0.05) is 24.3 Å². The Labute approximate surface area is 191 Å². The van der Waals surface area contributed by atoms with Crippen LogP contribution in [0.4, 0.5) is 0 Å². The molecule has 2 unspecified atom stereocenters. The van der Waals surface area contributed by atoms with Crippen LogP contribution in [0.2, 0.25) is 0 Å². The van der Waals surface area contributed by atoms with E-state index in [0.717, 1.165) is 22.6 Å². The molecule has 0 aliphatic carbocycles. The first-order valence-electron chi connectivity index (χ1n) is 10.6. The van der Waals surface area contributed by atoms with Crippen LogP contribution >= 0.6 is 11.8 Å². The molecule has 0 saturated carbocycles. The maximum atomic E-state index is 12.7. The maximum Gasteiger partial charge on any atom is 0.251 e. The molecule has 1 aliphatic rings.